The lowest BCUT2D eigenvalue weighted by Gasteiger charge is -2.07. The molecule has 2 aromatic heterocycles. The smallest absolute Gasteiger partial charge is 0.308 e. The van der Waals surface area contributed by atoms with Crippen LogP contribution in [0.4, 0.5) is 0 Å². The van der Waals surface area contributed by atoms with E-state index in [2.05, 4.69) is 26.0 Å². The van der Waals surface area contributed by atoms with Gasteiger partial charge in [0.1, 0.15) is 11.3 Å². The SMILES string of the molecule is CC(=O)Oc1cccc(C=Nn2c(-c3cc4cc(Br)ccc4o3)nc3ccccc3c2=O)c1. The van der Waals surface area contributed by atoms with Crippen LogP contribution in [0.3, 0.4) is 0 Å². The zero-order valence-electron chi connectivity index (χ0n) is 17.4. The lowest BCUT2D eigenvalue weighted by Crippen LogP contribution is -2.20. The van der Waals surface area contributed by atoms with Crippen molar-refractivity contribution >= 4 is 50.0 Å². The van der Waals surface area contributed by atoms with Gasteiger partial charge in [0.15, 0.2) is 5.76 Å². The molecule has 7 nitrogen and oxygen atoms in total. The fraction of sp³-hybridized carbons (Fsp3) is 0.0400. The molecule has 0 unspecified atom stereocenters. The molecule has 2 heterocycles. The van der Waals surface area contributed by atoms with E-state index in [1.165, 1.54) is 17.8 Å². The Kier molecular flexibility index (Phi) is 5.35. The fourth-order valence-electron chi connectivity index (χ4n) is 3.46. The summed E-state index contributed by atoms with van der Waals surface area (Å²) in [6.07, 6.45) is 1.51. The van der Waals surface area contributed by atoms with Crippen molar-refractivity contribution in [2.45, 2.75) is 6.92 Å². The number of ether oxygens (including phenoxy) is 1. The first-order chi connectivity index (χ1) is 16.0. The molecule has 0 saturated heterocycles. The Morgan fingerprint density at radius 2 is 1.94 bits per heavy atom. The summed E-state index contributed by atoms with van der Waals surface area (Å²) in [6, 6.07) is 21.4. The van der Waals surface area contributed by atoms with Crippen LogP contribution in [0.15, 0.2) is 91.6 Å². The van der Waals surface area contributed by atoms with E-state index in [-0.39, 0.29) is 11.4 Å². The van der Waals surface area contributed by atoms with E-state index < -0.39 is 5.97 Å². The van der Waals surface area contributed by atoms with Gasteiger partial charge in [0.25, 0.3) is 5.56 Å². The molecule has 0 aliphatic carbocycles. The average molecular weight is 502 g/mol. The molecule has 162 valence electrons. The standard InChI is InChI=1S/C25H16BrN3O4/c1-15(30)32-19-6-4-5-16(11-19)14-27-29-24(28-21-8-3-2-7-20(21)25(29)31)23-13-17-12-18(26)9-10-22(17)33-23/h2-14H,1H3. The van der Waals surface area contributed by atoms with Crippen molar-refractivity contribution in [2.75, 3.05) is 0 Å². The maximum absolute atomic E-state index is 13.3. The van der Waals surface area contributed by atoms with Crippen LogP contribution >= 0.6 is 15.9 Å². The Hall–Kier alpha value is -4.04. The van der Waals surface area contributed by atoms with Crippen LogP contribution in [-0.2, 0) is 4.79 Å². The topological polar surface area (TPSA) is 86.7 Å². The highest BCUT2D eigenvalue weighted by Gasteiger charge is 2.16. The second-order valence-corrected chi connectivity index (χ2v) is 8.19. The molecule has 0 fully saturated rings. The predicted molar refractivity (Wildman–Crippen MR) is 130 cm³/mol. The van der Waals surface area contributed by atoms with Gasteiger partial charge in [-0.25, -0.2) is 4.98 Å². The fourth-order valence-corrected chi connectivity index (χ4v) is 3.84. The third-order valence-corrected chi connectivity index (χ3v) is 5.39. The van der Waals surface area contributed by atoms with Gasteiger partial charge in [0.05, 0.1) is 17.1 Å². The third-order valence-electron chi connectivity index (χ3n) is 4.89. The number of furan rings is 1. The summed E-state index contributed by atoms with van der Waals surface area (Å²) in [4.78, 5) is 29.2. The van der Waals surface area contributed by atoms with E-state index in [4.69, 9.17) is 9.15 Å². The summed E-state index contributed by atoms with van der Waals surface area (Å²) in [5.41, 5.74) is 1.53. The number of benzene rings is 3. The van der Waals surface area contributed by atoms with Crippen molar-refractivity contribution in [1.29, 1.82) is 0 Å². The van der Waals surface area contributed by atoms with Crippen LogP contribution < -0.4 is 10.3 Å². The third kappa shape index (κ3) is 4.20. The maximum atomic E-state index is 13.3. The van der Waals surface area contributed by atoms with Crippen LogP contribution in [-0.4, -0.2) is 21.8 Å². The largest absolute Gasteiger partial charge is 0.453 e. The molecule has 5 aromatic rings. The zero-order chi connectivity index (χ0) is 22.9. The van der Waals surface area contributed by atoms with Crippen molar-refractivity contribution in [2.24, 2.45) is 5.10 Å². The molecule has 33 heavy (non-hydrogen) atoms. The number of esters is 1. The highest BCUT2D eigenvalue weighted by molar-refractivity contribution is 9.10. The minimum atomic E-state index is -0.419. The Balaban J connectivity index is 1.67. The summed E-state index contributed by atoms with van der Waals surface area (Å²) in [5, 5.41) is 5.72. The van der Waals surface area contributed by atoms with Crippen molar-refractivity contribution in [1.82, 2.24) is 9.66 Å². The number of nitrogens with zero attached hydrogens (tertiary/aromatic N) is 3. The molecular formula is C25H16BrN3O4. The molecule has 0 atom stereocenters. The number of halogens is 1. The number of hydrogen-bond donors (Lipinski definition) is 0. The molecule has 8 heteroatoms. The second kappa shape index (κ2) is 8.48. The summed E-state index contributed by atoms with van der Waals surface area (Å²) in [6.45, 7) is 1.33. The molecule has 0 N–H and O–H groups in total. The van der Waals surface area contributed by atoms with Crippen molar-refractivity contribution in [3.05, 3.63) is 93.2 Å². The number of carbonyl (C=O) groups is 1. The highest BCUT2D eigenvalue weighted by atomic mass is 79.9. The molecule has 0 amide bonds. The first-order valence-corrected chi connectivity index (χ1v) is 10.8. The highest BCUT2D eigenvalue weighted by Crippen LogP contribution is 2.29. The van der Waals surface area contributed by atoms with Crippen LogP contribution in [0.2, 0.25) is 0 Å². The van der Waals surface area contributed by atoms with Gasteiger partial charge in [-0.15, -0.1) is 0 Å². The van der Waals surface area contributed by atoms with Crippen LogP contribution in [0, 0.1) is 0 Å². The number of aromatic nitrogens is 2. The van der Waals surface area contributed by atoms with Gasteiger partial charge in [-0.1, -0.05) is 40.2 Å². The van der Waals surface area contributed by atoms with E-state index in [1.54, 1.807) is 42.5 Å². The van der Waals surface area contributed by atoms with Gasteiger partial charge in [0.2, 0.25) is 5.82 Å². The van der Waals surface area contributed by atoms with E-state index in [9.17, 15) is 9.59 Å². The number of fused-ring (bicyclic) bond motifs is 2. The van der Waals surface area contributed by atoms with E-state index in [1.807, 2.05) is 30.3 Å². The normalized spacial score (nSPS) is 11.5. The van der Waals surface area contributed by atoms with Crippen molar-refractivity contribution < 1.29 is 13.9 Å². The summed E-state index contributed by atoms with van der Waals surface area (Å²) in [5.74, 6) is 0.659. The molecule has 0 aliphatic heterocycles. The zero-order valence-corrected chi connectivity index (χ0v) is 18.9. The minimum Gasteiger partial charge on any atom is -0.453 e. The Bertz CT molecular complexity index is 1620. The summed E-state index contributed by atoms with van der Waals surface area (Å²) < 4.78 is 13.2. The van der Waals surface area contributed by atoms with E-state index >= 15 is 0 Å². The molecule has 0 bridgehead atoms. The molecule has 0 spiro atoms. The van der Waals surface area contributed by atoms with Gasteiger partial charge < -0.3 is 9.15 Å². The minimum absolute atomic E-state index is 0.276. The number of para-hydroxylation sites is 1. The van der Waals surface area contributed by atoms with Gasteiger partial charge >= 0.3 is 5.97 Å². The quantitative estimate of drug-likeness (QED) is 0.187. The van der Waals surface area contributed by atoms with Crippen LogP contribution in [0.25, 0.3) is 33.5 Å². The molecule has 0 aliphatic rings. The van der Waals surface area contributed by atoms with Crippen LogP contribution in [0.1, 0.15) is 12.5 Å². The Labute approximate surface area is 196 Å². The van der Waals surface area contributed by atoms with Crippen molar-refractivity contribution in [3.8, 4) is 17.3 Å². The monoisotopic (exact) mass is 501 g/mol. The van der Waals surface area contributed by atoms with Gasteiger partial charge in [0, 0.05) is 16.8 Å². The molecule has 3 aromatic carbocycles. The predicted octanol–water partition coefficient (Wildman–Crippen LogP) is 5.38. The summed E-state index contributed by atoms with van der Waals surface area (Å²) >= 11 is 3.46. The van der Waals surface area contributed by atoms with Gasteiger partial charge in [-0.05, 0) is 54.1 Å². The van der Waals surface area contributed by atoms with Gasteiger partial charge in [-0.3, -0.25) is 9.59 Å². The van der Waals surface area contributed by atoms with E-state index in [0.29, 0.717) is 33.6 Å². The van der Waals surface area contributed by atoms with Gasteiger partial charge in [-0.2, -0.15) is 9.78 Å². The Morgan fingerprint density at radius 1 is 1.09 bits per heavy atom. The first kappa shape index (κ1) is 20.8. The average Bonchev–Trinajstić information content (AvgIpc) is 3.21. The van der Waals surface area contributed by atoms with Crippen molar-refractivity contribution in [3.63, 3.8) is 0 Å². The molecular weight excluding hydrogens is 486 g/mol. The lowest BCUT2D eigenvalue weighted by atomic mass is 10.2. The van der Waals surface area contributed by atoms with Crippen LogP contribution in [0.5, 0.6) is 5.75 Å². The lowest BCUT2D eigenvalue weighted by molar-refractivity contribution is -0.131. The second-order valence-electron chi connectivity index (χ2n) is 7.27. The number of hydrogen-bond acceptors (Lipinski definition) is 6. The molecule has 0 saturated carbocycles. The molecule has 0 radical (unpaired) electrons. The Morgan fingerprint density at radius 3 is 2.79 bits per heavy atom. The number of rotatable bonds is 4. The summed E-state index contributed by atoms with van der Waals surface area (Å²) in [7, 11) is 0. The maximum Gasteiger partial charge on any atom is 0.308 e. The van der Waals surface area contributed by atoms with E-state index in [0.717, 1.165) is 9.86 Å². The number of carbonyl (C=O) groups excluding carboxylic acids is 1. The first-order valence-electron chi connectivity index (χ1n) is 10.0. The molecule has 5 rings (SSSR count).